The molecule has 88 valence electrons. The van der Waals surface area contributed by atoms with Crippen molar-refractivity contribution in [3.63, 3.8) is 0 Å². The van der Waals surface area contributed by atoms with E-state index < -0.39 is 40.4 Å². The molecule has 0 aliphatic rings. The van der Waals surface area contributed by atoms with Crippen LogP contribution in [-0.4, -0.2) is 13.3 Å². The van der Waals surface area contributed by atoms with E-state index in [0.29, 0.717) is 6.07 Å². The van der Waals surface area contributed by atoms with Crippen molar-refractivity contribution in [3.8, 4) is 0 Å². The van der Waals surface area contributed by atoms with Gasteiger partial charge in [-0.05, 0) is 0 Å². The largest absolute Gasteiger partial charge is 0.307 e. The normalized spacial score (nSPS) is 11.5. The second-order valence-electron chi connectivity index (χ2n) is 2.53. The van der Waals surface area contributed by atoms with E-state index in [2.05, 4.69) is 0 Å². The zero-order chi connectivity index (χ0) is 12.7. The SMILES string of the molecule is O=[N+]([O-])c1cc(Cl)c(Cl)c(S(=O)(=O)Cl)c1F. The zero-order valence-corrected chi connectivity index (χ0v) is 10.2. The molecule has 10 heteroatoms. The summed E-state index contributed by atoms with van der Waals surface area (Å²) in [5, 5.41) is 9.22. The van der Waals surface area contributed by atoms with E-state index in [1.807, 2.05) is 0 Å². The van der Waals surface area contributed by atoms with E-state index in [1.54, 1.807) is 0 Å². The van der Waals surface area contributed by atoms with Gasteiger partial charge in [0, 0.05) is 16.7 Å². The second kappa shape index (κ2) is 4.33. The first-order valence-electron chi connectivity index (χ1n) is 3.42. The first kappa shape index (κ1) is 13.4. The van der Waals surface area contributed by atoms with Crippen molar-refractivity contribution in [3.05, 3.63) is 32.0 Å². The number of hydrogen-bond donors (Lipinski definition) is 0. The fraction of sp³-hybridized carbons (Fsp3) is 0. The summed E-state index contributed by atoms with van der Waals surface area (Å²) in [5.41, 5.74) is -1.12. The maximum Gasteiger partial charge on any atom is 0.307 e. The Kier molecular flexibility index (Phi) is 3.63. The lowest BCUT2D eigenvalue weighted by atomic mass is 10.3. The lowest BCUT2D eigenvalue weighted by Gasteiger charge is -2.04. The molecule has 1 aromatic rings. The summed E-state index contributed by atoms with van der Waals surface area (Å²) >= 11 is 10.8. The van der Waals surface area contributed by atoms with Gasteiger partial charge in [0.15, 0.2) is 0 Å². The molecule has 0 fully saturated rings. The smallest absolute Gasteiger partial charge is 0.258 e. The number of nitro groups is 1. The highest BCUT2D eigenvalue weighted by Gasteiger charge is 2.30. The zero-order valence-electron chi connectivity index (χ0n) is 7.08. The molecule has 0 spiro atoms. The van der Waals surface area contributed by atoms with Crippen molar-refractivity contribution >= 4 is 48.6 Å². The second-order valence-corrected chi connectivity index (χ2v) is 5.82. The van der Waals surface area contributed by atoms with Crippen molar-refractivity contribution in [2.45, 2.75) is 4.90 Å². The van der Waals surface area contributed by atoms with Crippen LogP contribution >= 0.6 is 33.9 Å². The molecule has 0 aliphatic carbocycles. The van der Waals surface area contributed by atoms with Crippen LogP contribution < -0.4 is 0 Å². The van der Waals surface area contributed by atoms with Gasteiger partial charge in [-0.3, -0.25) is 10.1 Å². The number of halogens is 4. The molecule has 0 N–H and O–H groups in total. The Morgan fingerprint density at radius 1 is 1.38 bits per heavy atom. The molecule has 0 bridgehead atoms. The standard InChI is InChI=1S/C6HCl3FNO4S/c7-2-1-3(11(12)13)5(10)6(4(2)8)16(9,14)15/h1H. The third-order valence-corrected chi connectivity index (χ3v) is 3.77. The average molecular weight is 309 g/mol. The molecule has 0 saturated carbocycles. The van der Waals surface area contributed by atoms with Crippen LogP contribution in [0.1, 0.15) is 0 Å². The number of hydrogen-bond acceptors (Lipinski definition) is 4. The molecule has 0 aromatic heterocycles. The van der Waals surface area contributed by atoms with E-state index in [-0.39, 0.29) is 0 Å². The van der Waals surface area contributed by atoms with Crippen molar-refractivity contribution in [2.75, 3.05) is 0 Å². The Bertz CT molecular complexity index is 574. The van der Waals surface area contributed by atoms with Gasteiger partial charge in [-0.2, -0.15) is 4.39 Å². The van der Waals surface area contributed by atoms with Crippen LogP contribution in [0, 0.1) is 15.9 Å². The van der Waals surface area contributed by atoms with Crippen LogP contribution in [0.25, 0.3) is 0 Å². The fourth-order valence-electron chi connectivity index (χ4n) is 0.915. The number of nitro benzene ring substituents is 1. The van der Waals surface area contributed by atoms with E-state index in [0.717, 1.165) is 0 Å². The van der Waals surface area contributed by atoms with Gasteiger partial charge in [0.25, 0.3) is 9.05 Å². The highest BCUT2D eigenvalue weighted by Crippen LogP contribution is 2.38. The van der Waals surface area contributed by atoms with Crippen LogP contribution in [0.4, 0.5) is 10.1 Å². The third kappa shape index (κ3) is 2.37. The van der Waals surface area contributed by atoms with Gasteiger partial charge in [0.2, 0.25) is 5.82 Å². The van der Waals surface area contributed by atoms with Gasteiger partial charge in [-0.1, -0.05) is 23.2 Å². The maximum absolute atomic E-state index is 13.4. The maximum atomic E-state index is 13.4. The van der Waals surface area contributed by atoms with Crippen molar-refractivity contribution in [2.24, 2.45) is 0 Å². The summed E-state index contributed by atoms with van der Waals surface area (Å²) in [6, 6.07) is 0.602. The molecule has 1 rings (SSSR count). The topological polar surface area (TPSA) is 77.3 Å². The third-order valence-electron chi connectivity index (χ3n) is 1.54. The molecule has 0 heterocycles. The molecule has 16 heavy (non-hydrogen) atoms. The monoisotopic (exact) mass is 307 g/mol. The first-order valence-corrected chi connectivity index (χ1v) is 6.49. The van der Waals surface area contributed by atoms with Gasteiger partial charge in [-0.15, -0.1) is 0 Å². The van der Waals surface area contributed by atoms with Crippen molar-refractivity contribution in [1.29, 1.82) is 0 Å². The summed E-state index contributed by atoms with van der Waals surface area (Å²) < 4.78 is 35.3. The van der Waals surface area contributed by atoms with E-state index >= 15 is 0 Å². The van der Waals surface area contributed by atoms with E-state index in [4.69, 9.17) is 33.9 Å². The average Bonchev–Trinajstić information content (AvgIpc) is 2.08. The van der Waals surface area contributed by atoms with Gasteiger partial charge in [-0.25, -0.2) is 8.42 Å². The predicted octanol–water partition coefficient (Wildman–Crippen LogP) is 2.97. The number of nitrogens with zero attached hydrogens (tertiary/aromatic N) is 1. The Hall–Kier alpha value is -0.630. The van der Waals surface area contributed by atoms with Crippen molar-refractivity contribution in [1.82, 2.24) is 0 Å². The molecule has 0 aliphatic heterocycles. The van der Waals surface area contributed by atoms with Crippen LogP contribution in [0.3, 0.4) is 0 Å². The van der Waals surface area contributed by atoms with Crippen molar-refractivity contribution < 1.29 is 17.7 Å². The Morgan fingerprint density at radius 3 is 2.25 bits per heavy atom. The number of rotatable bonds is 2. The first-order chi connectivity index (χ1) is 7.16. The molecule has 0 radical (unpaired) electrons. The quantitative estimate of drug-likeness (QED) is 0.364. The van der Waals surface area contributed by atoms with Crippen LogP contribution in [0.2, 0.25) is 10.0 Å². The van der Waals surface area contributed by atoms with Gasteiger partial charge >= 0.3 is 5.69 Å². The molecule has 5 nitrogen and oxygen atoms in total. The van der Waals surface area contributed by atoms with Crippen LogP contribution in [0.5, 0.6) is 0 Å². The Morgan fingerprint density at radius 2 is 1.88 bits per heavy atom. The van der Waals surface area contributed by atoms with Crippen LogP contribution in [0.15, 0.2) is 11.0 Å². The lowest BCUT2D eigenvalue weighted by molar-refractivity contribution is -0.387. The summed E-state index contributed by atoms with van der Waals surface area (Å²) in [6.45, 7) is 0. The van der Waals surface area contributed by atoms with Gasteiger partial charge in [0.05, 0.1) is 15.0 Å². The Balaban J connectivity index is 3.80. The molecular formula is C6HCl3FNO4S. The minimum Gasteiger partial charge on any atom is -0.258 e. The Labute approximate surface area is 103 Å². The van der Waals surface area contributed by atoms with E-state index in [9.17, 15) is 22.9 Å². The molecule has 0 saturated heterocycles. The van der Waals surface area contributed by atoms with Gasteiger partial charge < -0.3 is 0 Å². The summed E-state index contributed by atoms with van der Waals surface area (Å²) in [4.78, 5) is 8.06. The molecule has 1 aromatic carbocycles. The van der Waals surface area contributed by atoms with E-state index in [1.165, 1.54) is 0 Å². The lowest BCUT2D eigenvalue weighted by Crippen LogP contribution is -2.02. The molecule has 0 atom stereocenters. The minimum atomic E-state index is -4.57. The summed E-state index contributed by atoms with van der Waals surface area (Å²) in [5.74, 6) is -1.64. The fourth-order valence-corrected chi connectivity index (χ4v) is 2.81. The molecular weight excluding hydrogens is 307 g/mol. The summed E-state index contributed by atoms with van der Waals surface area (Å²) in [7, 11) is 0.318. The summed E-state index contributed by atoms with van der Waals surface area (Å²) in [6.07, 6.45) is 0. The highest BCUT2D eigenvalue weighted by atomic mass is 35.7. The minimum absolute atomic E-state index is 0.478. The molecule has 0 unspecified atom stereocenters. The number of benzene rings is 1. The highest BCUT2D eigenvalue weighted by molar-refractivity contribution is 8.13. The van der Waals surface area contributed by atoms with Gasteiger partial charge in [0.1, 0.15) is 4.90 Å². The predicted molar refractivity (Wildman–Crippen MR) is 56.1 cm³/mol. The van der Waals surface area contributed by atoms with Crippen LogP contribution in [-0.2, 0) is 9.05 Å². The molecule has 0 amide bonds.